The van der Waals surface area contributed by atoms with Crippen molar-refractivity contribution in [3.8, 4) is 0 Å². The molecule has 0 aromatic rings. The van der Waals surface area contributed by atoms with Crippen LogP contribution >= 0.6 is 0 Å². The van der Waals surface area contributed by atoms with Crippen LogP contribution in [0.1, 0.15) is 20.8 Å². The molecule has 4 nitrogen and oxygen atoms in total. The number of rotatable bonds is 1. The van der Waals surface area contributed by atoms with Crippen LogP contribution in [0.2, 0.25) is 0 Å². The SMILES string of the molecule is CC(O)C(=O)N1CCOC(C)(C)C1. The fraction of sp³-hybridized carbons (Fsp3) is 0.889. The van der Waals surface area contributed by atoms with Crippen molar-refractivity contribution in [1.29, 1.82) is 0 Å². The van der Waals surface area contributed by atoms with E-state index in [2.05, 4.69) is 0 Å². The van der Waals surface area contributed by atoms with E-state index in [0.29, 0.717) is 19.7 Å². The Morgan fingerprint density at radius 2 is 2.23 bits per heavy atom. The molecule has 0 spiro atoms. The summed E-state index contributed by atoms with van der Waals surface area (Å²) in [5, 5.41) is 9.11. The Bertz CT molecular complexity index is 201. The van der Waals surface area contributed by atoms with E-state index < -0.39 is 6.10 Å². The Hall–Kier alpha value is -0.610. The maximum atomic E-state index is 11.4. The largest absolute Gasteiger partial charge is 0.384 e. The van der Waals surface area contributed by atoms with Crippen LogP contribution in [0.15, 0.2) is 0 Å². The van der Waals surface area contributed by atoms with Gasteiger partial charge < -0.3 is 14.7 Å². The average Bonchev–Trinajstić information content (AvgIpc) is 2.01. The Labute approximate surface area is 78.5 Å². The molecule has 0 aromatic heterocycles. The zero-order valence-corrected chi connectivity index (χ0v) is 8.41. The topological polar surface area (TPSA) is 49.8 Å². The molecule has 1 N–H and O–H groups in total. The van der Waals surface area contributed by atoms with Crippen molar-refractivity contribution in [2.45, 2.75) is 32.5 Å². The standard InChI is InChI=1S/C9H17NO3/c1-7(11)8(12)10-4-5-13-9(2,3)6-10/h7,11H,4-6H2,1-3H3. The molecular formula is C9H17NO3. The fourth-order valence-corrected chi connectivity index (χ4v) is 1.47. The number of aliphatic hydroxyl groups is 1. The summed E-state index contributed by atoms with van der Waals surface area (Å²) in [7, 11) is 0. The Balaban J connectivity index is 2.57. The second kappa shape index (κ2) is 3.64. The predicted octanol–water partition coefficient (Wildman–Crippen LogP) is 0.00460. The first-order valence-corrected chi connectivity index (χ1v) is 4.53. The maximum Gasteiger partial charge on any atom is 0.251 e. The lowest BCUT2D eigenvalue weighted by Crippen LogP contribution is -2.52. The maximum absolute atomic E-state index is 11.4. The molecule has 1 atom stereocenters. The molecule has 1 saturated heterocycles. The van der Waals surface area contributed by atoms with Crippen LogP contribution in [0.4, 0.5) is 0 Å². The van der Waals surface area contributed by atoms with Gasteiger partial charge in [0, 0.05) is 13.1 Å². The van der Waals surface area contributed by atoms with E-state index in [1.54, 1.807) is 4.90 Å². The van der Waals surface area contributed by atoms with Crippen LogP contribution in [-0.4, -0.2) is 47.3 Å². The smallest absolute Gasteiger partial charge is 0.251 e. The van der Waals surface area contributed by atoms with E-state index in [1.165, 1.54) is 6.92 Å². The molecule has 1 amide bonds. The van der Waals surface area contributed by atoms with Crippen molar-refractivity contribution in [2.24, 2.45) is 0 Å². The lowest BCUT2D eigenvalue weighted by molar-refractivity contribution is -0.153. The molecule has 1 rings (SSSR count). The highest BCUT2D eigenvalue weighted by Gasteiger charge is 2.31. The van der Waals surface area contributed by atoms with Crippen molar-refractivity contribution in [3.05, 3.63) is 0 Å². The highest BCUT2D eigenvalue weighted by Crippen LogP contribution is 2.16. The number of hydrogen-bond acceptors (Lipinski definition) is 3. The number of carbonyl (C=O) groups excluding carboxylic acids is 1. The van der Waals surface area contributed by atoms with Gasteiger partial charge in [0.05, 0.1) is 12.2 Å². The fourth-order valence-electron chi connectivity index (χ4n) is 1.47. The van der Waals surface area contributed by atoms with Crippen molar-refractivity contribution in [3.63, 3.8) is 0 Å². The van der Waals surface area contributed by atoms with Crippen LogP contribution in [0.3, 0.4) is 0 Å². The van der Waals surface area contributed by atoms with Crippen molar-refractivity contribution >= 4 is 5.91 Å². The molecule has 13 heavy (non-hydrogen) atoms. The zero-order valence-electron chi connectivity index (χ0n) is 8.41. The molecule has 1 heterocycles. The molecule has 0 radical (unpaired) electrons. The minimum Gasteiger partial charge on any atom is -0.384 e. The summed E-state index contributed by atoms with van der Waals surface area (Å²) in [5.74, 6) is -0.212. The van der Waals surface area contributed by atoms with Crippen LogP contribution in [0, 0.1) is 0 Å². The molecule has 1 fully saturated rings. The van der Waals surface area contributed by atoms with Gasteiger partial charge in [0.2, 0.25) is 0 Å². The first-order chi connectivity index (χ1) is 5.92. The number of nitrogens with zero attached hydrogens (tertiary/aromatic N) is 1. The van der Waals surface area contributed by atoms with Gasteiger partial charge in [-0.1, -0.05) is 0 Å². The van der Waals surface area contributed by atoms with Gasteiger partial charge >= 0.3 is 0 Å². The predicted molar refractivity (Wildman–Crippen MR) is 48.3 cm³/mol. The van der Waals surface area contributed by atoms with Gasteiger partial charge in [0.15, 0.2) is 0 Å². The van der Waals surface area contributed by atoms with Gasteiger partial charge in [0.1, 0.15) is 6.10 Å². The number of morpholine rings is 1. The van der Waals surface area contributed by atoms with E-state index in [0.717, 1.165) is 0 Å². The molecule has 76 valence electrons. The molecule has 0 bridgehead atoms. The second-order valence-corrected chi connectivity index (χ2v) is 4.04. The van der Waals surface area contributed by atoms with Crippen molar-refractivity contribution in [1.82, 2.24) is 4.90 Å². The van der Waals surface area contributed by atoms with Crippen LogP contribution in [-0.2, 0) is 9.53 Å². The normalized spacial score (nSPS) is 24.2. The monoisotopic (exact) mass is 187 g/mol. The quantitative estimate of drug-likeness (QED) is 0.629. The van der Waals surface area contributed by atoms with Crippen molar-refractivity contribution in [2.75, 3.05) is 19.7 Å². The third kappa shape index (κ3) is 2.67. The lowest BCUT2D eigenvalue weighted by Gasteiger charge is -2.38. The molecule has 0 saturated carbocycles. The molecule has 1 aliphatic heterocycles. The summed E-state index contributed by atoms with van der Waals surface area (Å²) in [6.45, 7) is 7.04. The highest BCUT2D eigenvalue weighted by atomic mass is 16.5. The van der Waals surface area contributed by atoms with Crippen LogP contribution in [0.5, 0.6) is 0 Å². The van der Waals surface area contributed by atoms with Gasteiger partial charge in [-0.05, 0) is 20.8 Å². The summed E-state index contributed by atoms with van der Waals surface area (Å²) >= 11 is 0. The molecule has 4 heteroatoms. The van der Waals surface area contributed by atoms with E-state index in [1.807, 2.05) is 13.8 Å². The summed E-state index contributed by atoms with van der Waals surface area (Å²) in [4.78, 5) is 13.1. The van der Waals surface area contributed by atoms with Gasteiger partial charge in [0.25, 0.3) is 5.91 Å². The summed E-state index contributed by atoms with van der Waals surface area (Å²) in [5.41, 5.74) is -0.289. The first kappa shape index (κ1) is 10.5. The van der Waals surface area contributed by atoms with Gasteiger partial charge in [-0.15, -0.1) is 0 Å². The van der Waals surface area contributed by atoms with Crippen LogP contribution in [0.25, 0.3) is 0 Å². The number of carbonyl (C=O) groups is 1. The lowest BCUT2D eigenvalue weighted by atomic mass is 10.1. The average molecular weight is 187 g/mol. The Kier molecular flexibility index (Phi) is 2.93. The van der Waals surface area contributed by atoms with Gasteiger partial charge in [-0.3, -0.25) is 4.79 Å². The molecule has 1 unspecified atom stereocenters. The van der Waals surface area contributed by atoms with Gasteiger partial charge in [-0.25, -0.2) is 0 Å². The second-order valence-electron chi connectivity index (χ2n) is 4.04. The molecule has 1 aliphatic rings. The number of hydrogen-bond donors (Lipinski definition) is 1. The summed E-state index contributed by atoms with van der Waals surface area (Å²) in [6, 6.07) is 0. The van der Waals surface area contributed by atoms with E-state index in [-0.39, 0.29) is 11.5 Å². The number of aliphatic hydroxyl groups excluding tert-OH is 1. The number of amides is 1. The zero-order chi connectivity index (χ0) is 10.1. The summed E-state index contributed by atoms with van der Waals surface area (Å²) < 4.78 is 5.45. The van der Waals surface area contributed by atoms with Crippen molar-refractivity contribution < 1.29 is 14.6 Å². The molecule has 0 aromatic carbocycles. The van der Waals surface area contributed by atoms with Crippen LogP contribution < -0.4 is 0 Å². The molecular weight excluding hydrogens is 170 g/mol. The third-order valence-electron chi connectivity index (χ3n) is 2.09. The molecule has 0 aliphatic carbocycles. The highest BCUT2D eigenvalue weighted by molar-refractivity contribution is 5.80. The first-order valence-electron chi connectivity index (χ1n) is 4.53. The number of ether oxygens (including phenoxy) is 1. The van der Waals surface area contributed by atoms with Gasteiger partial charge in [-0.2, -0.15) is 0 Å². The van der Waals surface area contributed by atoms with E-state index in [9.17, 15) is 4.79 Å². The minimum atomic E-state index is -0.908. The third-order valence-corrected chi connectivity index (χ3v) is 2.09. The van der Waals surface area contributed by atoms with E-state index in [4.69, 9.17) is 9.84 Å². The Morgan fingerprint density at radius 3 is 2.69 bits per heavy atom. The minimum absolute atomic E-state index is 0.212. The van der Waals surface area contributed by atoms with E-state index >= 15 is 0 Å². The Morgan fingerprint density at radius 1 is 1.62 bits per heavy atom. The summed E-state index contributed by atoms with van der Waals surface area (Å²) in [6.07, 6.45) is -0.908.